The minimum Gasteiger partial charge on any atom is -0.357 e. The van der Waals surface area contributed by atoms with Gasteiger partial charge in [0.25, 0.3) is 0 Å². The molecule has 0 radical (unpaired) electrons. The van der Waals surface area contributed by atoms with Crippen LogP contribution in [0.15, 0.2) is 33.7 Å². The molecule has 0 fully saturated rings. The number of aliphatic imine (C=N–C) groups is 1. The number of carbonyl (C=O) groups excluding carboxylic acids is 1. The van der Waals surface area contributed by atoms with E-state index < -0.39 is 0 Å². The summed E-state index contributed by atoms with van der Waals surface area (Å²) in [5, 5.41) is 3.20. The first-order chi connectivity index (χ1) is 9.93. The average Bonchev–Trinajstić information content (AvgIpc) is 2.45. The van der Waals surface area contributed by atoms with Crippen LogP contribution >= 0.6 is 15.9 Å². The lowest BCUT2D eigenvalue weighted by Crippen LogP contribution is -2.39. The number of carbonyl (C=O) groups is 1. The molecule has 1 aromatic carbocycles. The number of likely N-dealkylation sites (N-methyl/N-ethyl adjacent to an activating group) is 1. The molecule has 5 nitrogen and oxygen atoms in total. The number of hydrogen-bond acceptors (Lipinski definition) is 2. The van der Waals surface area contributed by atoms with E-state index in [1.165, 1.54) is 5.56 Å². The van der Waals surface area contributed by atoms with Gasteiger partial charge in [0.15, 0.2) is 5.96 Å². The summed E-state index contributed by atoms with van der Waals surface area (Å²) >= 11 is 3.43. The Balaban J connectivity index is 2.72. The molecule has 116 valence electrons. The lowest BCUT2D eigenvalue weighted by atomic mass is 10.2. The highest BCUT2D eigenvalue weighted by Crippen LogP contribution is 2.11. The van der Waals surface area contributed by atoms with Crippen molar-refractivity contribution < 1.29 is 4.79 Å². The number of guanidine groups is 1. The number of rotatable bonds is 5. The third-order valence-electron chi connectivity index (χ3n) is 2.89. The van der Waals surface area contributed by atoms with Gasteiger partial charge in [0.2, 0.25) is 5.91 Å². The predicted molar refractivity (Wildman–Crippen MR) is 90.3 cm³/mol. The molecule has 0 aliphatic carbocycles. The van der Waals surface area contributed by atoms with Gasteiger partial charge in [-0.15, -0.1) is 0 Å². The van der Waals surface area contributed by atoms with Crippen LogP contribution in [0.2, 0.25) is 0 Å². The number of nitrogens with zero attached hydrogens (tertiary/aromatic N) is 3. The van der Waals surface area contributed by atoms with Gasteiger partial charge in [-0.2, -0.15) is 0 Å². The molecular weight excluding hydrogens is 332 g/mol. The van der Waals surface area contributed by atoms with Gasteiger partial charge in [0.05, 0.1) is 0 Å². The van der Waals surface area contributed by atoms with E-state index in [4.69, 9.17) is 0 Å². The number of benzene rings is 1. The molecule has 0 aromatic heterocycles. The highest BCUT2D eigenvalue weighted by Gasteiger charge is 2.08. The topological polar surface area (TPSA) is 47.9 Å². The molecule has 0 unspecified atom stereocenters. The maximum absolute atomic E-state index is 11.6. The molecule has 0 spiro atoms. The summed E-state index contributed by atoms with van der Waals surface area (Å²) in [4.78, 5) is 19.6. The van der Waals surface area contributed by atoms with Gasteiger partial charge in [-0.3, -0.25) is 4.79 Å². The van der Waals surface area contributed by atoms with Crippen molar-refractivity contribution in [3.05, 3.63) is 34.3 Å². The minimum absolute atomic E-state index is 0.0116. The summed E-state index contributed by atoms with van der Waals surface area (Å²) in [6.07, 6.45) is 0. The number of halogens is 1. The molecule has 0 atom stereocenters. The molecule has 0 heterocycles. The summed E-state index contributed by atoms with van der Waals surface area (Å²) in [7, 11) is 5.43. The van der Waals surface area contributed by atoms with Crippen LogP contribution in [0.3, 0.4) is 0 Å². The zero-order chi connectivity index (χ0) is 15.8. The van der Waals surface area contributed by atoms with Crippen molar-refractivity contribution in [1.29, 1.82) is 0 Å². The Labute approximate surface area is 135 Å². The molecule has 1 aromatic rings. The van der Waals surface area contributed by atoms with Crippen LogP contribution in [-0.2, 0) is 11.3 Å². The zero-order valence-corrected chi connectivity index (χ0v) is 14.6. The molecule has 0 bridgehead atoms. The molecule has 1 rings (SSSR count). The third-order valence-corrected chi connectivity index (χ3v) is 3.42. The summed E-state index contributed by atoms with van der Waals surface area (Å²) in [5.74, 6) is 0.720. The first kappa shape index (κ1) is 17.5. The van der Waals surface area contributed by atoms with Crippen molar-refractivity contribution in [2.75, 3.05) is 34.2 Å². The maximum Gasteiger partial charge on any atom is 0.243 e. The van der Waals surface area contributed by atoms with Crippen LogP contribution in [0.25, 0.3) is 0 Å². The fourth-order valence-corrected chi connectivity index (χ4v) is 1.96. The molecule has 0 saturated heterocycles. The summed E-state index contributed by atoms with van der Waals surface area (Å²) in [6, 6.07) is 8.16. The fraction of sp³-hybridized carbons (Fsp3) is 0.467. The van der Waals surface area contributed by atoms with Crippen molar-refractivity contribution in [3.63, 3.8) is 0 Å². The van der Waals surface area contributed by atoms with Crippen LogP contribution in [-0.4, -0.2) is 55.9 Å². The first-order valence-corrected chi connectivity index (χ1v) is 7.67. The standard InChI is InChI=1S/C15H23BrN4O/c1-5-17-15(18-10-14(21)19(2)3)20(4)11-12-6-8-13(16)9-7-12/h6-9H,5,10-11H2,1-4H3,(H,17,18). The van der Waals surface area contributed by atoms with Crippen molar-refractivity contribution in [3.8, 4) is 0 Å². The predicted octanol–water partition coefficient (Wildman–Crippen LogP) is 1.93. The lowest BCUT2D eigenvalue weighted by molar-refractivity contribution is -0.127. The first-order valence-electron chi connectivity index (χ1n) is 6.88. The molecule has 0 aliphatic rings. The van der Waals surface area contributed by atoms with Crippen LogP contribution in [0.5, 0.6) is 0 Å². The van der Waals surface area contributed by atoms with Gasteiger partial charge >= 0.3 is 0 Å². The summed E-state index contributed by atoms with van der Waals surface area (Å²) < 4.78 is 1.06. The van der Waals surface area contributed by atoms with Gasteiger partial charge in [-0.05, 0) is 24.6 Å². The summed E-state index contributed by atoms with van der Waals surface area (Å²) in [5.41, 5.74) is 1.19. The van der Waals surface area contributed by atoms with Crippen molar-refractivity contribution in [2.24, 2.45) is 4.99 Å². The van der Waals surface area contributed by atoms with Crippen LogP contribution < -0.4 is 5.32 Å². The highest BCUT2D eigenvalue weighted by atomic mass is 79.9. The van der Waals surface area contributed by atoms with Gasteiger partial charge < -0.3 is 15.1 Å². The molecule has 0 saturated carbocycles. The Kier molecular flexibility index (Phi) is 7.22. The summed E-state index contributed by atoms with van der Waals surface area (Å²) in [6.45, 7) is 3.66. The van der Waals surface area contributed by atoms with E-state index in [1.807, 2.05) is 31.0 Å². The second-order valence-electron chi connectivity index (χ2n) is 4.94. The molecular formula is C15H23BrN4O. The van der Waals surface area contributed by atoms with Gasteiger partial charge in [-0.25, -0.2) is 4.99 Å². The molecule has 0 aliphatic heterocycles. The van der Waals surface area contributed by atoms with Crippen molar-refractivity contribution >= 4 is 27.8 Å². The van der Waals surface area contributed by atoms with Gasteiger partial charge in [0, 0.05) is 38.7 Å². The Morgan fingerprint density at radius 1 is 1.24 bits per heavy atom. The van der Waals surface area contributed by atoms with Crippen LogP contribution in [0.4, 0.5) is 0 Å². The Morgan fingerprint density at radius 3 is 2.38 bits per heavy atom. The van der Waals surface area contributed by atoms with E-state index >= 15 is 0 Å². The van der Waals surface area contributed by atoms with E-state index in [0.717, 1.165) is 23.5 Å². The van der Waals surface area contributed by atoms with E-state index in [2.05, 4.69) is 38.4 Å². The monoisotopic (exact) mass is 354 g/mol. The number of hydrogen-bond donors (Lipinski definition) is 1. The quantitative estimate of drug-likeness (QED) is 0.649. The van der Waals surface area contributed by atoms with E-state index in [1.54, 1.807) is 19.0 Å². The van der Waals surface area contributed by atoms with Crippen molar-refractivity contribution in [2.45, 2.75) is 13.5 Å². The lowest BCUT2D eigenvalue weighted by Gasteiger charge is -2.22. The van der Waals surface area contributed by atoms with Gasteiger partial charge in [-0.1, -0.05) is 28.1 Å². The highest BCUT2D eigenvalue weighted by molar-refractivity contribution is 9.10. The molecule has 1 amide bonds. The second kappa shape index (κ2) is 8.67. The minimum atomic E-state index is -0.0116. The van der Waals surface area contributed by atoms with E-state index in [9.17, 15) is 4.79 Å². The number of amides is 1. The van der Waals surface area contributed by atoms with Crippen molar-refractivity contribution in [1.82, 2.24) is 15.1 Å². The number of nitrogens with one attached hydrogen (secondary N) is 1. The molecule has 6 heteroatoms. The second-order valence-corrected chi connectivity index (χ2v) is 5.86. The molecule has 21 heavy (non-hydrogen) atoms. The maximum atomic E-state index is 11.6. The molecule has 1 N–H and O–H groups in total. The average molecular weight is 355 g/mol. The normalized spacial score (nSPS) is 11.2. The van der Waals surface area contributed by atoms with Crippen LogP contribution in [0.1, 0.15) is 12.5 Å². The van der Waals surface area contributed by atoms with E-state index in [-0.39, 0.29) is 12.5 Å². The fourth-order valence-electron chi connectivity index (χ4n) is 1.69. The Hall–Kier alpha value is -1.56. The third kappa shape index (κ3) is 6.16. The van der Waals surface area contributed by atoms with Gasteiger partial charge in [0.1, 0.15) is 6.54 Å². The Bertz CT molecular complexity index is 485. The SMILES string of the molecule is CCNC(=NCC(=O)N(C)C)N(C)Cc1ccc(Br)cc1. The smallest absolute Gasteiger partial charge is 0.243 e. The van der Waals surface area contributed by atoms with Crippen LogP contribution in [0, 0.1) is 0 Å². The zero-order valence-electron chi connectivity index (χ0n) is 13.1. The van der Waals surface area contributed by atoms with E-state index in [0.29, 0.717) is 0 Å². The largest absolute Gasteiger partial charge is 0.357 e. The Morgan fingerprint density at radius 2 is 1.86 bits per heavy atom.